The SMILES string of the molecule is CCC(CCNc1cccc(Br)c1C(N)=O)CCC(=O)O. The van der Waals surface area contributed by atoms with Crippen LogP contribution in [0.1, 0.15) is 43.0 Å². The van der Waals surface area contributed by atoms with E-state index in [2.05, 4.69) is 28.2 Å². The van der Waals surface area contributed by atoms with E-state index >= 15 is 0 Å². The van der Waals surface area contributed by atoms with Crippen molar-refractivity contribution >= 4 is 33.5 Å². The van der Waals surface area contributed by atoms with Gasteiger partial charge in [-0.05, 0) is 46.8 Å². The molecule has 5 nitrogen and oxygen atoms in total. The minimum absolute atomic E-state index is 0.196. The summed E-state index contributed by atoms with van der Waals surface area (Å²) in [7, 11) is 0. The summed E-state index contributed by atoms with van der Waals surface area (Å²) in [6.07, 6.45) is 2.67. The number of aliphatic carboxylic acids is 1. The molecule has 0 aliphatic carbocycles. The van der Waals surface area contributed by atoms with Crippen LogP contribution in [0.3, 0.4) is 0 Å². The molecule has 0 saturated heterocycles. The number of halogens is 1. The largest absolute Gasteiger partial charge is 0.481 e. The molecule has 0 bridgehead atoms. The molecule has 0 fully saturated rings. The summed E-state index contributed by atoms with van der Waals surface area (Å²) in [5.74, 6) is -0.884. The number of carboxylic acids is 1. The number of nitrogens with one attached hydrogen (secondary N) is 1. The summed E-state index contributed by atoms with van der Waals surface area (Å²) in [5.41, 5.74) is 6.52. The third-order valence-electron chi connectivity index (χ3n) is 3.47. The Kier molecular flexibility index (Phi) is 7.22. The zero-order valence-electron chi connectivity index (χ0n) is 12.1. The standard InChI is InChI=1S/C15H21BrN2O3/c1-2-10(6-7-13(19)20)8-9-18-12-5-3-4-11(16)14(12)15(17)21/h3-5,10,18H,2,6-9H2,1H3,(H2,17,21)(H,19,20). The normalized spacial score (nSPS) is 11.9. The summed E-state index contributed by atoms with van der Waals surface area (Å²) in [5, 5.41) is 11.9. The van der Waals surface area contributed by atoms with E-state index < -0.39 is 11.9 Å². The highest BCUT2D eigenvalue weighted by Gasteiger charge is 2.13. The number of anilines is 1. The Bertz CT molecular complexity index is 506. The van der Waals surface area contributed by atoms with Crippen LogP contribution >= 0.6 is 15.9 Å². The van der Waals surface area contributed by atoms with Gasteiger partial charge in [0, 0.05) is 23.1 Å². The molecule has 6 heteroatoms. The maximum atomic E-state index is 11.5. The minimum atomic E-state index is -0.760. The van der Waals surface area contributed by atoms with E-state index in [0.717, 1.165) is 12.8 Å². The summed E-state index contributed by atoms with van der Waals surface area (Å²) >= 11 is 3.32. The van der Waals surface area contributed by atoms with E-state index in [-0.39, 0.29) is 6.42 Å². The van der Waals surface area contributed by atoms with E-state index in [1.807, 2.05) is 12.1 Å². The van der Waals surface area contributed by atoms with Gasteiger partial charge < -0.3 is 16.2 Å². The lowest BCUT2D eigenvalue weighted by Crippen LogP contribution is -2.17. The van der Waals surface area contributed by atoms with Crippen LogP contribution < -0.4 is 11.1 Å². The summed E-state index contributed by atoms with van der Waals surface area (Å²) in [4.78, 5) is 22.1. The van der Waals surface area contributed by atoms with Crippen molar-refractivity contribution in [3.05, 3.63) is 28.2 Å². The van der Waals surface area contributed by atoms with Crippen LogP contribution in [-0.2, 0) is 4.79 Å². The molecular formula is C15H21BrN2O3. The first kappa shape index (κ1) is 17.5. The summed E-state index contributed by atoms with van der Waals surface area (Å²) in [6, 6.07) is 5.41. The average Bonchev–Trinajstić information content (AvgIpc) is 2.41. The van der Waals surface area contributed by atoms with Gasteiger partial charge in [0.15, 0.2) is 0 Å². The Morgan fingerprint density at radius 1 is 1.38 bits per heavy atom. The predicted octanol–water partition coefficient (Wildman–Crippen LogP) is 3.24. The number of rotatable bonds is 9. The van der Waals surface area contributed by atoms with Crippen LogP contribution in [-0.4, -0.2) is 23.5 Å². The molecule has 0 aromatic heterocycles. The molecule has 0 spiro atoms. The van der Waals surface area contributed by atoms with Crippen LogP contribution in [0.4, 0.5) is 5.69 Å². The second kappa shape index (κ2) is 8.67. The molecule has 0 radical (unpaired) electrons. The van der Waals surface area contributed by atoms with Crippen LogP contribution in [0.2, 0.25) is 0 Å². The second-order valence-corrected chi connectivity index (χ2v) is 5.80. The quantitative estimate of drug-likeness (QED) is 0.633. The number of carbonyl (C=O) groups excluding carboxylic acids is 1. The van der Waals surface area contributed by atoms with Crippen molar-refractivity contribution in [1.29, 1.82) is 0 Å². The average molecular weight is 357 g/mol. The molecule has 1 amide bonds. The molecule has 0 saturated carbocycles. The topological polar surface area (TPSA) is 92.4 Å². The number of nitrogens with two attached hydrogens (primary N) is 1. The molecule has 4 N–H and O–H groups in total. The number of primary amides is 1. The van der Waals surface area contributed by atoms with E-state index in [4.69, 9.17) is 10.8 Å². The Hall–Kier alpha value is -1.56. The van der Waals surface area contributed by atoms with Gasteiger partial charge in [0.05, 0.1) is 5.56 Å². The van der Waals surface area contributed by atoms with Crippen LogP contribution in [0.25, 0.3) is 0 Å². The Morgan fingerprint density at radius 3 is 2.67 bits per heavy atom. The van der Waals surface area contributed by atoms with E-state index in [1.165, 1.54) is 0 Å². The Morgan fingerprint density at radius 2 is 2.10 bits per heavy atom. The van der Waals surface area contributed by atoms with Gasteiger partial charge in [0.1, 0.15) is 0 Å². The molecule has 0 heterocycles. The molecule has 0 aliphatic rings. The molecular weight excluding hydrogens is 336 g/mol. The van der Waals surface area contributed by atoms with Crippen LogP contribution in [0, 0.1) is 5.92 Å². The first-order valence-corrected chi connectivity index (χ1v) is 7.79. The number of carbonyl (C=O) groups is 2. The highest BCUT2D eigenvalue weighted by atomic mass is 79.9. The first-order valence-electron chi connectivity index (χ1n) is 6.99. The maximum absolute atomic E-state index is 11.5. The number of benzene rings is 1. The lowest BCUT2D eigenvalue weighted by molar-refractivity contribution is -0.137. The highest BCUT2D eigenvalue weighted by Crippen LogP contribution is 2.25. The summed E-state index contributed by atoms with van der Waals surface area (Å²) < 4.78 is 0.665. The van der Waals surface area contributed by atoms with Gasteiger partial charge in [-0.15, -0.1) is 0 Å². The Labute approximate surface area is 133 Å². The molecule has 116 valence electrons. The molecule has 1 atom stereocenters. The van der Waals surface area contributed by atoms with Gasteiger partial charge in [-0.3, -0.25) is 9.59 Å². The van der Waals surface area contributed by atoms with E-state index in [1.54, 1.807) is 6.07 Å². The molecule has 0 aliphatic heterocycles. The third kappa shape index (κ3) is 5.75. The Balaban J connectivity index is 2.57. The van der Waals surface area contributed by atoms with Crippen molar-refractivity contribution in [2.75, 3.05) is 11.9 Å². The lowest BCUT2D eigenvalue weighted by Gasteiger charge is -2.16. The second-order valence-electron chi connectivity index (χ2n) is 4.95. The molecule has 1 aromatic rings. The van der Waals surface area contributed by atoms with Crippen molar-refractivity contribution in [2.24, 2.45) is 11.7 Å². The van der Waals surface area contributed by atoms with Gasteiger partial charge in [0.25, 0.3) is 5.91 Å². The van der Waals surface area contributed by atoms with Gasteiger partial charge in [-0.2, -0.15) is 0 Å². The molecule has 1 rings (SSSR count). The van der Waals surface area contributed by atoms with E-state index in [0.29, 0.717) is 34.6 Å². The number of hydrogen-bond donors (Lipinski definition) is 3. The van der Waals surface area contributed by atoms with Crippen molar-refractivity contribution in [3.63, 3.8) is 0 Å². The fraction of sp³-hybridized carbons (Fsp3) is 0.467. The van der Waals surface area contributed by atoms with Crippen molar-refractivity contribution < 1.29 is 14.7 Å². The number of hydrogen-bond acceptors (Lipinski definition) is 3. The monoisotopic (exact) mass is 356 g/mol. The third-order valence-corrected chi connectivity index (χ3v) is 4.13. The van der Waals surface area contributed by atoms with Gasteiger partial charge in [-0.25, -0.2) is 0 Å². The van der Waals surface area contributed by atoms with Crippen LogP contribution in [0.15, 0.2) is 22.7 Å². The fourth-order valence-corrected chi connectivity index (χ4v) is 2.77. The number of carboxylic acid groups (broad SMARTS) is 1. The molecule has 21 heavy (non-hydrogen) atoms. The molecule has 1 unspecified atom stereocenters. The van der Waals surface area contributed by atoms with Gasteiger partial charge in [0.2, 0.25) is 0 Å². The van der Waals surface area contributed by atoms with Gasteiger partial charge >= 0.3 is 5.97 Å². The smallest absolute Gasteiger partial charge is 0.303 e. The summed E-state index contributed by atoms with van der Waals surface area (Å²) in [6.45, 7) is 2.73. The highest BCUT2D eigenvalue weighted by molar-refractivity contribution is 9.10. The predicted molar refractivity (Wildman–Crippen MR) is 86.4 cm³/mol. The van der Waals surface area contributed by atoms with Crippen molar-refractivity contribution in [3.8, 4) is 0 Å². The van der Waals surface area contributed by atoms with Crippen molar-refractivity contribution in [1.82, 2.24) is 0 Å². The van der Waals surface area contributed by atoms with E-state index in [9.17, 15) is 9.59 Å². The molecule has 1 aromatic carbocycles. The van der Waals surface area contributed by atoms with Crippen molar-refractivity contribution in [2.45, 2.75) is 32.6 Å². The fourth-order valence-electron chi connectivity index (χ4n) is 2.21. The van der Waals surface area contributed by atoms with Gasteiger partial charge in [-0.1, -0.05) is 19.4 Å². The zero-order chi connectivity index (χ0) is 15.8. The lowest BCUT2D eigenvalue weighted by atomic mass is 9.96. The first-order chi connectivity index (χ1) is 9.95. The maximum Gasteiger partial charge on any atom is 0.303 e. The van der Waals surface area contributed by atoms with Crippen LogP contribution in [0.5, 0.6) is 0 Å². The minimum Gasteiger partial charge on any atom is -0.481 e. The number of amides is 1. The zero-order valence-corrected chi connectivity index (χ0v) is 13.6.